The summed E-state index contributed by atoms with van der Waals surface area (Å²) in [6, 6.07) is 17.1. The first-order valence-electron chi connectivity index (χ1n) is 9.23. The number of esters is 1. The smallest absolute Gasteiger partial charge is 0.354 e. The molecule has 0 aliphatic carbocycles. The van der Waals surface area contributed by atoms with Crippen LogP contribution in [0.4, 0.5) is 0 Å². The molecule has 0 spiro atoms. The molecule has 0 fully saturated rings. The molecule has 3 aromatic rings. The standard InChI is InChI=1S/C22H24N2O4/c1-16(10-11-17-7-4-3-5-8-17)23-21(25)15-24-18(20-9-6-14-28-20)12-13-19(24)22(26)27-2/h3-9,12-14,16H,10-11,15H2,1-2H3,(H,23,25)/t16-/m0/s1. The summed E-state index contributed by atoms with van der Waals surface area (Å²) in [6.45, 7) is 1.98. The third-order valence-electron chi connectivity index (χ3n) is 4.57. The van der Waals surface area contributed by atoms with Crippen molar-refractivity contribution in [3.05, 3.63) is 72.1 Å². The van der Waals surface area contributed by atoms with Crippen LogP contribution in [0.5, 0.6) is 0 Å². The Morgan fingerprint density at radius 1 is 1.11 bits per heavy atom. The van der Waals surface area contributed by atoms with Crippen molar-refractivity contribution in [2.24, 2.45) is 0 Å². The topological polar surface area (TPSA) is 73.5 Å². The monoisotopic (exact) mass is 380 g/mol. The maximum atomic E-state index is 12.6. The quantitative estimate of drug-likeness (QED) is 0.605. The molecule has 6 nitrogen and oxygen atoms in total. The van der Waals surface area contributed by atoms with Crippen molar-refractivity contribution in [3.8, 4) is 11.5 Å². The average molecular weight is 380 g/mol. The lowest BCUT2D eigenvalue weighted by atomic mass is 10.1. The number of nitrogens with one attached hydrogen (secondary N) is 1. The van der Waals surface area contributed by atoms with Gasteiger partial charge in [0.25, 0.3) is 0 Å². The lowest BCUT2D eigenvalue weighted by Crippen LogP contribution is -2.36. The van der Waals surface area contributed by atoms with Crippen LogP contribution in [-0.2, 0) is 22.5 Å². The number of carbonyl (C=O) groups is 2. The minimum Gasteiger partial charge on any atom is -0.464 e. The van der Waals surface area contributed by atoms with E-state index in [1.54, 1.807) is 35.1 Å². The molecule has 28 heavy (non-hydrogen) atoms. The Morgan fingerprint density at radius 3 is 2.57 bits per heavy atom. The van der Waals surface area contributed by atoms with Gasteiger partial charge in [-0.15, -0.1) is 0 Å². The van der Waals surface area contributed by atoms with Gasteiger partial charge in [0.2, 0.25) is 5.91 Å². The van der Waals surface area contributed by atoms with Gasteiger partial charge >= 0.3 is 5.97 Å². The Bertz CT molecular complexity index is 913. The molecule has 0 aliphatic rings. The highest BCUT2D eigenvalue weighted by atomic mass is 16.5. The summed E-state index contributed by atoms with van der Waals surface area (Å²) in [5.74, 6) is -0.0856. The van der Waals surface area contributed by atoms with Crippen LogP contribution in [0.1, 0.15) is 29.4 Å². The zero-order valence-electron chi connectivity index (χ0n) is 16.1. The fraction of sp³-hybridized carbons (Fsp3) is 0.273. The Morgan fingerprint density at radius 2 is 1.89 bits per heavy atom. The van der Waals surface area contributed by atoms with E-state index >= 15 is 0 Å². The van der Waals surface area contributed by atoms with E-state index in [1.807, 2.05) is 25.1 Å². The molecule has 0 bridgehead atoms. The zero-order valence-corrected chi connectivity index (χ0v) is 16.1. The lowest BCUT2D eigenvalue weighted by molar-refractivity contribution is -0.122. The van der Waals surface area contributed by atoms with Crippen molar-refractivity contribution < 1.29 is 18.7 Å². The number of rotatable bonds is 8. The number of nitrogens with zero attached hydrogens (tertiary/aromatic N) is 1. The maximum absolute atomic E-state index is 12.6. The van der Waals surface area contributed by atoms with Gasteiger partial charge in [0, 0.05) is 6.04 Å². The minimum atomic E-state index is -0.497. The summed E-state index contributed by atoms with van der Waals surface area (Å²) in [5, 5.41) is 3.00. The van der Waals surface area contributed by atoms with Gasteiger partial charge in [0.05, 0.1) is 19.1 Å². The SMILES string of the molecule is COC(=O)c1ccc(-c2ccco2)n1CC(=O)N[C@@H](C)CCc1ccccc1. The first-order chi connectivity index (χ1) is 13.6. The second-order valence-corrected chi connectivity index (χ2v) is 6.65. The van der Waals surface area contributed by atoms with Gasteiger partial charge in [-0.05, 0) is 49.6 Å². The van der Waals surface area contributed by atoms with E-state index in [0.717, 1.165) is 12.8 Å². The highest BCUT2D eigenvalue weighted by molar-refractivity contribution is 5.90. The van der Waals surface area contributed by atoms with E-state index in [-0.39, 0.29) is 18.5 Å². The highest BCUT2D eigenvalue weighted by Crippen LogP contribution is 2.23. The lowest BCUT2D eigenvalue weighted by Gasteiger charge is -2.16. The van der Waals surface area contributed by atoms with Crippen LogP contribution in [0.25, 0.3) is 11.5 Å². The molecule has 1 aromatic carbocycles. The number of benzene rings is 1. The molecule has 0 saturated heterocycles. The number of aromatic nitrogens is 1. The van der Waals surface area contributed by atoms with Gasteiger partial charge in [-0.1, -0.05) is 30.3 Å². The van der Waals surface area contributed by atoms with Crippen LogP contribution in [0.2, 0.25) is 0 Å². The van der Waals surface area contributed by atoms with E-state index < -0.39 is 5.97 Å². The van der Waals surface area contributed by atoms with Crippen LogP contribution < -0.4 is 5.32 Å². The summed E-state index contributed by atoms with van der Waals surface area (Å²) < 4.78 is 11.9. The number of aryl methyl sites for hydroxylation is 1. The van der Waals surface area contributed by atoms with Gasteiger partial charge in [0.1, 0.15) is 18.0 Å². The van der Waals surface area contributed by atoms with Gasteiger partial charge in [-0.25, -0.2) is 4.79 Å². The minimum absolute atomic E-state index is 0.00312. The van der Waals surface area contributed by atoms with Gasteiger partial charge < -0.3 is 19.0 Å². The number of furan rings is 1. The maximum Gasteiger partial charge on any atom is 0.354 e. The van der Waals surface area contributed by atoms with Crippen LogP contribution in [0.3, 0.4) is 0 Å². The van der Waals surface area contributed by atoms with E-state index in [9.17, 15) is 9.59 Å². The zero-order chi connectivity index (χ0) is 19.9. The summed E-state index contributed by atoms with van der Waals surface area (Å²) in [5.41, 5.74) is 2.19. The molecule has 0 radical (unpaired) electrons. The van der Waals surface area contributed by atoms with Crippen molar-refractivity contribution in [1.29, 1.82) is 0 Å². The van der Waals surface area contributed by atoms with E-state index in [1.165, 1.54) is 12.7 Å². The molecule has 2 heterocycles. The number of hydrogen-bond donors (Lipinski definition) is 1. The Balaban J connectivity index is 1.67. The third-order valence-corrected chi connectivity index (χ3v) is 4.57. The molecule has 1 amide bonds. The Kier molecular flexibility index (Phi) is 6.32. The predicted octanol–water partition coefficient (Wildman–Crippen LogP) is 3.67. The average Bonchev–Trinajstić information content (AvgIpc) is 3.36. The first kappa shape index (κ1) is 19.5. The second-order valence-electron chi connectivity index (χ2n) is 6.65. The number of carbonyl (C=O) groups excluding carboxylic acids is 2. The number of methoxy groups -OCH3 is 1. The molecular weight excluding hydrogens is 356 g/mol. The van der Waals surface area contributed by atoms with Crippen LogP contribution in [0, 0.1) is 0 Å². The summed E-state index contributed by atoms with van der Waals surface area (Å²) in [4.78, 5) is 24.7. The number of hydrogen-bond acceptors (Lipinski definition) is 4. The van der Waals surface area contributed by atoms with Crippen LogP contribution in [-0.4, -0.2) is 29.6 Å². The second kappa shape index (κ2) is 9.08. The van der Waals surface area contributed by atoms with Crippen molar-refractivity contribution in [2.45, 2.75) is 32.4 Å². The molecule has 1 atom stereocenters. The fourth-order valence-corrected chi connectivity index (χ4v) is 3.12. The van der Waals surface area contributed by atoms with E-state index in [4.69, 9.17) is 9.15 Å². The highest BCUT2D eigenvalue weighted by Gasteiger charge is 2.20. The molecule has 146 valence electrons. The predicted molar refractivity (Wildman–Crippen MR) is 106 cm³/mol. The van der Waals surface area contributed by atoms with E-state index in [0.29, 0.717) is 17.1 Å². The fourth-order valence-electron chi connectivity index (χ4n) is 3.12. The van der Waals surface area contributed by atoms with Crippen molar-refractivity contribution in [2.75, 3.05) is 7.11 Å². The molecule has 0 unspecified atom stereocenters. The molecule has 0 aliphatic heterocycles. The number of amides is 1. The van der Waals surface area contributed by atoms with E-state index in [2.05, 4.69) is 17.4 Å². The molecule has 1 N–H and O–H groups in total. The molecule has 2 aromatic heterocycles. The number of ether oxygens (including phenoxy) is 1. The largest absolute Gasteiger partial charge is 0.464 e. The van der Waals surface area contributed by atoms with Crippen molar-refractivity contribution >= 4 is 11.9 Å². The Labute approximate surface area is 164 Å². The normalized spacial score (nSPS) is 11.8. The third kappa shape index (κ3) is 4.71. The van der Waals surface area contributed by atoms with Crippen LogP contribution >= 0.6 is 0 Å². The molecule has 3 rings (SSSR count). The van der Waals surface area contributed by atoms with Crippen LogP contribution in [0.15, 0.2) is 65.3 Å². The van der Waals surface area contributed by atoms with Crippen molar-refractivity contribution in [3.63, 3.8) is 0 Å². The van der Waals surface area contributed by atoms with Gasteiger partial charge in [0.15, 0.2) is 0 Å². The Hall–Kier alpha value is -3.28. The molecular formula is C22H24N2O4. The van der Waals surface area contributed by atoms with Gasteiger partial charge in [-0.2, -0.15) is 0 Å². The molecule has 6 heteroatoms. The van der Waals surface area contributed by atoms with Gasteiger partial charge in [-0.3, -0.25) is 4.79 Å². The first-order valence-corrected chi connectivity index (χ1v) is 9.23. The summed E-state index contributed by atoms with van der Waals surface area (Å²) in [7, 11) is 1.32. The summed E-state index contributed by atoms with van der Waals surface area (Å²) >= 11 is 0. The van der Waals surface area contributed by atoms with Crippen molar-refractivity contribution in [1.82, 2.24) is 9.88 Å². The summed E-state index contributed by atoms with van der Waals surface area (Å²) in [6.07, 6.45) is 3.27. The molecule has 0 saturated carbocycles.